The van der Waals surface area contributed by atoms with Crippen molar-refractivity contribution in [2.75, 3.05) is 6.61 Å². The number of hydrogen-bond acceptors (Lipinski definition) is 4. The average Bonchev–Trinajstić information content (AvgIpc) is 2.22. The van der Waals surface area contributed by atoms with Crippen LogP contribution in [0.4, 0.5) is 0 Å². The van der Waals surface area contributed by atoms with Crippen LogP contribution in [-0.2, 0) is 19.1 Å². The zero-order chi connectivity index (χ0) is 12.4. The third-order valence-corrected chi connectivity index (χ3v) is 1.87. The highest BCUT2D eigenvalue weighted by molar-refractivity contribution is 5.89. The summed E-state index contributed by atoms with van der Waals surface area (Å²) < 4.78 is 9.57. The summed E-state index contributed by atoms with van der Waals surface area (Å²) in [5.41, 5.74) is 0. The average molecular weight is 228 g/mol. The van der Waals surface area contributed by atoms with Crippen LogP contribution in [0.5, 0.6) is 0 Å². The molecule has 4 nitrogen and oxygen atoms in total. The molecule has 0 aromatic heterocycles. The van der Waals surface area contributed by atoms with Gasteiger partial charge in [0.1, 0.15) is 0 Å². The monoisotopic (exact) mass is 228 g/mol. The Kier molecular flexibility index (Phi) is 8.21. The number of rotatable bonds is 7. The maximum absolute atomic E-state index is 11.4. The van der Waals surface area contributed by atoms with Crippen molar-refractivity contribution in [3.8, 4) is 0 Å². The van der Waals surface area contributed by atoms with Crippen molar-refractivity contribution in [1.82, 2.24) is 0 Å². The fourth-order valence-electron chi connectivity index (χ4n) is 1.15. The van der Waals surface area contributed by atoms with Crippen LogP contribution in [-0.4, -0.2) is 18.5 Å². The van der Waals surface area contributed by atoms with Gasteiger partial charge in [0.2, 0.25) is 5.76 Å². The fourth-order valence-corrected chi connectivity index (χ4v) is 1.15. The molecule has 0 heterocycles. The molecule has 0 amide bonds. The van der Waals surface area contributed by atoms with E-state index < -0.39 is 11.9 Å². The van der Waals surface area contributed by atoms with Gasteiger partial charge in [-0.1, -0.05) is 19.8 Å². The molecule has 92 valence electrons. The third-order valence-electron chi connectivity index (χ3n) is 1.87. The molecule has 0 radical (unpaired) electrons. The lowest BCUT2D eigenvalue weighted by Crippen LogP contribution is -2.13. The molecule has 0 atom stereocenters. The molecular formula is C12H20O4. The quantitative estimate of drug-likeness (QED) is 0.291. The molecule has 0 saturated heterocycles. The van der Waals surface area contributed by atoms with E-state index in [1.807, 2.05) is 0 Å². The Morgan fingerprint density at radius 1 is 1.19 bits per heavy atom. The molecule has 0 unspecified atom stereocenters. The van der Waals surface area contributed by atoms with Crippen LogP contribution in [0, 0.1) is 0 Å². The lowest BCUT2D eigenvalue weighted by Gasteiger charge is -2.06. The first-order valence-corrected chi connectivity index (χ1v) is 5.67. The smallest absolute Gasteiger partial charge is 0.374 e. The predicted molar refractivity (Wildman–Crippen MR) is 60.6 cm³/mol. The molecule has 0 aromatic carbocycles. The van der Waals surface area contributed by atoms with Crippen LogP contribution in [0.15, 0.2) is 11.8 Å². The van der Waals surface area contributed by atoms with Crippen LogP contribution in [0.25, 0.3) is 0 Å². The lowest BCUT2D eigenvalue weighted by molar-refractivity contribution is -0.150. The van der Waals surface area contributed by atoms with Gasteiger partial charge in [-0.05, 0) is 25.8 Å². The number of carbonyl (C=O) groups is 2. The third kappa shape index (κ3) is 7.04. The maximum atomic E-state index is 11.4. The van der Waals surface area contributed by atoms with Crippen molar-refractivity contribution in [2.45, 2.75) is 46.5 Å². The minimum Gasteiger partial charge on any atom is -0.460 e. The van der Waals surface area contributed by atoms with Crippen molar-refractivity contribution < 1.29 is 19.1 Å². The highest BCUT2D eigenvalue weighted by atomic mass is 16.6. The van der Waals surface area contributed by atoms with Gasteiger partial charge in [-0.15, -0.1) is 0 Å². The molecule has 0 aromatic rings. The zero-order valence-corrected chi connectivity index (χ0v) is 10.2. The van der Waals surface area contributed by atoms with Gasteiger partial charge in [0.15, 0.2) is 0 Å². The van der Waals surface area contributed by atoms with Crippen LogP contribution in [0.3, 0.4) is 0 Å². The van der Waals surface area contributed by atoms with E-state index in [2.05, 4.69) is 6.92 Å². The summed E-state index contributed by atoms with van der Waals surface area (Å²) in [5, 5.41) is 0. The van der Waals surface area contributed by atoms with Crippen LogP contribution < -0.4 is 0 Å². The second-order valence-corrected chi connectivity index (χ2v) is 3.38. The van der Waals surface area contributed by atoms with Crippen molar-refractivity contribution in [3.05, 3.63) is 11.8 Å². The maximum Gasteiger partial charge on any atom is 0.374 e. The first-order valence-electron chi connectivity index (χ1n) is 5.67. The second kappa shape index (κ2) is 8.95. The molecule has 0 bridgehead atoms. The minimum atomic E-state index is -0.575. The molecule has 4 heteroatoms. The van der Waals surface area contributed by atoms with Crippen LogP contribution in [0.1, 0.15) is 46.5 Å². The van der Waals surface area contributed by atoms with E-state index in [0.717, 1.165) is 25.7 Å². The molecule has 0 spiro atoms. The molecule has 0 fully saturated rings. The number of ether oxygens (including phenoxy) is 2. The Morgan fingerprint density at radius 3 is 2.38 bits per heavy atom. The van der Waals surface area contributed by atoms with E-state index >= 15 is 0 Å². The van der Waals surface area contributed by atoms with Gasteiger partial charge < -0.3 is 9.47 Å². The highest BCUT2D eigenvalue weighted by Gasteiger charge is 2.13. The van der Waals surface area contributed by atoms with Gasteiger partial charge >= 0.3 is 11.9 Å². The molecule has 0 N–H and O–H groups in total. The first-order chi connectivity index (χ1) is 7.61. The number of hydrogen-bond donors (Lipinski definition) is 0. The number of unbranched alkanes of at least 4 members (excludes halogenated alkanes) is 3. The van der Waals surface area contributed by atoms with Crippen molar-refractivity contribution in [1.29, 1.82) is 0 Å². The van der Waals surface area contributed by atoms with Gasteiger partial charge in [-0.25, -0.2) is 4.79 Å². The number of esters is 2. The Balaban J connectivity index is 4.28. The van der Waals surface area contributed by atoms with E-state index in [1.165, 1.54) is 6.92 Å². The van der Waals surface area contributed by atoms with Crippen LogP contribution >= 0.6 is 0 Å². The molecule has 0 aliphatic heterocycles. The van der Waals surface area contributed by atoms with Gasteiger partial charge in [-0.3, -0.25) is 4.79 Å². The Bertz CT molecular complexity index is 256. The summed E-state index contributed by atoms with van der Waals surface area (Å²) in [6.45, 7) is 5.34. The van der Waals surface area contributed by atoms with Crippen LogP contribution in [0.2, 0.25) is 0 Å². The minimum absolute atomic E-state index is 0.00505. The highest BCUT2D eigenvalue weighted by Crippen LogP contribution is 2.07. The van der Waals surface area contributed by atoms with Gasteiger partial charge in [0.25, 0.3) is 0 Å². The lowest BCUT2D eigenvalue weighted by atomic mass is 10.2. The summed E-state index contributed by atoms with van der Waals surface area (Å²) in [7, 11) is 0. The second-order valence-electron chi connectivity index (χ2n) is 3.38. The summed E-state index contributed by atoms with van der Waals surface area (Å²) in [5.74, 6) is -1.07. The number of allylic oxidation sites excluding steroid dienone is 1. The van der Waals surface area contributed by atoms with E-state index in [4.69, 9.17) is 9.47 Å². The number of carbonyl (C=O) groups excluding carboxylic acids is 2. The molecule has 0 aliphatic carbocycles. The van der Waals surface area contributed by atoms with Crippen molar-refractivity contribution in [2.24, 2.45) is 0 Å². The standard InChI is InChI=1S/C12H20O4/c1-4-6-7-8-9-11(16-10(3)13)12(14)15-5-2/h9H,4-8H2,1-3H3. The summed E-state index contributed by atoms with van der Waals surface area (Å²) in [4.78, 5) is 22.2. The molecule has 16 heavy (non-hydrogen) atoms. The van der Waals surface area contributed by atoms with Gasteiger partial charge in [0, 0.05) is 6.92 Å². The van der Waals surface area contributed by atoms with Gasteiger partial charge in [-0.2, -0.15) is 0 Å². The largest absolute Gasteiger partial charge is 0.460 e. The first kappa shape index (κ1) is 14.7. The summed E-state index contributed by atoms with van der Waals surface area (Å²) in [6, 6.07) is 0. The fraction of sp³-hybridized carbons (Fsp3) is 0.667. The SMILES string of the molecule is CCCCCC=C(OC(C)=O)C(=O)OCC. The van der Waals surface area contributed by atoms with E-state index in [-0.39, 0.29) is 12.4 Å². The summed E-state index contributed by atoms with van der Waals surface area (Å²) in [6.07, 6.45) is 5.51. The van der Waals surface area contributed by atoms with E-state index in [0.29, 0.717) is 0 Å². The normalized spacial score (nSPS) is 11.1. The Morgan fingerprint density at radius 2 is 1.88 bits per heavy atom. The van der Waals surface area contributed by atoms with Crippen molar-refractivity contribution in [3.63, 3.8) is 0 Å². The van der Waals surface area contributed by atoms with Crippen molar-refractivity contribution >= 4 is 11.9 Å². The summed E-state index contributed by atoms with van der Waals surface area (Å²) >= 11 is 0. The van der Waals surface area contributed by atoms with E-state index in [1.54, 1.807) is 13.0 Å². The molecule has 0 saturated carbocycles. The molecule has 0 aliphatic rings. The topological polar surface area (TPSA) is 52.6 Å². The molecule has 0 rings (SSSR count). The molecular weight excluding hydrogens is 208 g/mol. The van der Waals surface area contributed by atoms with Gasteiger partial charge in [0.05, 0.1) is 6.61 Å². The zero-order valence-electron chi connectivity index (χ0n) is 10.2. The predicted octanol–water partition coefficient (Wildman–Crippen LogP) is 2.58. The van der Waals surface area contributed by atoms with E-state index in [9.17, 15) is 9.59 Å². The Hall–Kier alpha value is -1.32. The Labute approximate surface area is 96.6 Å².